The minimum absolute atomic E-state index is 0.135. The van der Waals surface area contributed by atoms with Gasteiger partial charge in [0.2, 0.25) is 0 Å². The number of benzene rings is 1. The molecule has 220 valence electrons. The Kier molecular flexibility index (Phi) is 7.72. The molecule has 0 saturated heterocycles. The SMILES string of the molecule is CC(C)=CCCC(C)C1CCC2(C)C3CC=C4C(CCC(OC(=O)c5cc(N)cc(N)c5)C4(C)C)C3CCC12C. The maximum Gasteiger partial charge on any atom is 0.338 e. The van der Waals surface area contributed by atoms with Crippen molar-refractivity contribution in [3.05, 3.63) is 47.1 Å². The van der Waals surface area contributed by atoms with Gasteiger partial charge in [0.1, 0.15) is 6.10 Å². The van der Waals surface area contributed by atoms with Gasteiger partial charge in [-0.05, 0) is 130 Å². The molecule has 0 aliphatic heterocycles. The molecule has 0 spiro atoms. The van der Waals surface area contributed by atoms with Crippen molar-refractivity contribution in [3.63, 3.8) is 0 Å². The van der Waals surface area contributed by atoms with Crippen LogP contribution >= 0.6 is 0 Å². The Morgan fingerprint density at radius 2 is 1.68 bits per heavy atom. The molecule has 0 heterocycles. The third kappa shape index (κ3) is 4.81. The smallest absolute Gasteiger partial charge is 0.338 e. The van der Waals surface area contributed by atoms with Crippen LogP contribution < -0.4 is 11.5 Å². The number of esters is 1. The third-order valence-electron chi connectivity index (χ3n) is 12.6. The molecule has 0 amide bonds. The molecular weight excluding hydrogens is 492 g/mol. The van der Waals surface area contributed by atoms with Gasteiger partial charge in [-0.25, -0.2) is 4.79 Å². The first-order valence-corrected chi connectivity index (χ1v) is 16.0. The van der Waals surface area contributed by atoms with Crippen LogP contribution in [0, 0.1) is 45.8 Å². The van der Waals surface area contributed by atoms with Crippen LogP contribution in [0.3, 0.4) is 0 Å². The van der Waals surface area contributed by atoms with Crippen molar-refractivity contribution in [2.75, 3.05) is 11.5 Å². The molecule has 5 rings (SSSR count). The lowest BCUT2D eigenvalue weighted by Crippen LogP contribution is -2.55. The summed E-state index contributed by atoms with van der Waals surface area (Å²) in [6, 6.07) is 5.00. The Morgan fingerprint density at radius 1 is 1.00 bits per heavy atom. The largest absolute Gasteiger partial charge is 0.458 e. The maximum absolute atomic E-state index is 13.1. The normalized spacial score (nSPS) is 36.9. The van der Waals surface area contributed by atoms with Gasteiger partial charge in [-0.1, -0.05) is 57.9 Å². The van der Waals surface area contributed by atoms with Crippen molar-refractivity contribution in [1.82, 2.24) is 0 Å². The second-order valence-corrected chi connectivity index (χ2v) is 15.2. The number of carbonyl (C=O) groups excluding carboxylic acids is 1. The first-order valence-electron chi connectivity index (χ1n) is 16.0. The van der Waals surface area contributed by atoms with E-state index in [0.29, 0.717) is 33.7 Å². The van der Waals surface area contributed by atoms with Crippen molar-refractivity contribution in [2.24, 2.45) is 45.8 Å². The van der Waals surface area contributed by atoms with Gasteiger partial charge >= 0.3 is 5.97 Å². The van der Waals surface area contributed by atoms with Crippen LogP contribution in [0.2, 0.25) is 0 Å². The summed E-state index contributed by atoms with van der Waals surface area (Å²) in [6.45, 7) is 16.9. The Morgan fingerprint density at radius 3 is 2.35 bits per heavy atom. The fourth-order valence-electron chi connectivity index (χ4n) is 10.2. The Balaban J connectivity index is 1.33. The van der Waals surface area contributed by atoms with Gasteiger partial charge in [0.25, 0.3) is 0 Å². The van der Waals surface area contributed by atoms with Crippen LogP contribution in [0.25, 0.3) is 0 Å². The van der Waals surface area contributed by atoms with Crippen molar-refractivity contribution >= 4 is 17.3 Å². The van der Waals surface area contributed by atoms with Gasteiger partial charge in [0.05, 0.1) is 5.56 Å². The summed E-state index contributed by atoms with van der Waals surface area (Å²) in [7, 11) is 0. The van der Waals surface area contributed by atoms with E-state index in [4.69, 9.17) is 16.2 Å². The zero-order chi connectivity index (χ0) is 29.0. The van der Waals surface area contributed by atoms with Crippen LogP contribution in [-0.4, -0.2) is 12.1 Å². The maximum atomic E-state index is 13.1. The van der Waals surface area contributed by atoms with Gasteiger partial charge in [-0.3, -0.25) is 0 Å². The van der Waals surface area contributed by atoms with E-state index >= 15 is 0 Å². The quantitative estimate of drug-likeness (QED) is 0.212. The van der Waals surface area contributed by atoms with E-state index in [0.717, 1.165) is 36.5 Å². The van der Waals surface area contributed by atoms with Crippen molar-refractivity contribution < 1.29 is 9.53 Å². The highest BCUT2D eigenvalue weighted by molar-refractivity contribution is 5.92. The standard InChI is InChI=1S/C36H54N2O2/c1-22(2)9-8-10-23(3)29-16-18-36(7)31-13-12-30-27(28(31)15-17-35(29,36)6)11-14-32(34(30,4)5)40-33(39)24-19-25(37)21-26(38)20-24/h9,12,19-21,23,27-29,31-32H,8,10-11,13-18,37-38H2,1-7H3. The first kappa shape index (κ1) is 29.3. The van der Waals surface area contributed by atoms with Gasteiger partial charge in [0, 0.05) is 16.8 Å². The van der Waals surface area contributed by atoms with E-state index < -0.39 is 0 Å². The van der Waals surface area contributed by atoms with Crippen molar-refractivity contribution in [3.8, 4) is 0 Å². The number of allylic oxidation sites excluding steroid dienone is 3. The van der Waals surface area contributed by atoms with Crippen molar-refractivity contribution in [1.29, 1.82) is 0 Å². The molecule has 3 saturated carbocycles. The van der Waals surface area contributed by atoms with Gasteiger partial charge in [0.15, 0.2) is 0 Å². The second-order valence-electron chi connectivity index (χ2n) is 15.2. The highest BCUT2D eigenvalue weighted by atomic mass is 16.5. The second kappa shape index (κ2) is 10.6. The molecule has 1 aromatic carbocycles. The number of rotatable bonds is 6. The number of hydrogen-bond acceptors (Lipinski definition) is 4. The van der Waals surface area contributed by atoms with Gasteiger partial charge < -0.3 is 16.2 Å². The molecule has 4 heteroatoms. The number of anilines is 2. The summed E-state index contributed by atoms with van der Waals surface area (Å²) >= 11 is 0. The van der Waals surface area contributed by atoms with Gasteiger partial charge in [-0.2, -0.15) is 0 Å². The molecule has 8 atom stereocenters. The summed E-state index contributed by atoms with van der Waals surface area (Å²) in [5.41, 5.74) is 17.0. The zero-order valence-corrected chi connectivity index (χ0v) is 26.2. The minimum Gasteiger partial charge on any atom is -0.458 e. The number of hydrogen-bond donors (Lipinski definition) is 2. The molecule has 40 heavy (non-hydrogen) atoms. The van der Waals surface area contributed by atoms with Crippen LogP contribution in [0.5, 0.6) is 0 Å². The third-order valence-corrected chi connectivity index (χ3v) is 12.6. The summed E-state index contributed by atoms with van der Waals surface area (Å²) in [5.74, 6) is 3.43. The summed E-state index contributed by atoms with van der Waals surface area (Å²) in [5, 5.41) is 0. The Labute approximate surface area is 243 Å². The van der Waals surface area contributed by atoms with Crippen LogP contribution in [0.15, 0.2) is 41.5 Å². The van der Waals surface area contributed by atoms with E-state index in [1.54, 1.807) is 23.8 Å². The number of carbonyl (C=O) groups is 1. The average molecular weight is 547 g/mol. The highest BCUT2D eigenvalue weighted by Gasteiger charge is 2.64. The molecule has 0 bridgehead atoms. The molecule has 4 nitrogen and oxygen atoms in total. The first-order chi connectivity index (χ1) is 18.8. The number of ether oxygens (including phenoxy) is 1. The van der Waals surface area contributed by atoms with Crippen LogP contribution in [0.1, 0.15) is 117 Å². The monoisotopic (exact) mass is 546 g/mol. The molecule has 4 N–H and O–H groups in total. The summed E-state index contributed by atoms with van der Waals surface area (Å²) in [6.07, 6.45) is 16.1. The fourth-order valence-corrected chi connectivity index (χ4v) is 10.2. The van der Waals surface area contributed by atoms with Crippen LogP contribution in [0.4, 0.5) is 11.4 Å². The molecule has 4 aliphatic carbocycles. The topological polar surface area (TPSA) is 78.3 Å². The predicted octanol–water partition coefficient (Wildman–Crippen LogP) is 8.97. The molecule has 3 fully saturated rings. The summed E-state index contributed by atoms with van der Waals surface area (Å²) in [4.78, 5) is 13.1. The van der Waals surface area contributed by atoms with E-state index in [1.807, 2.05) is 0 Å². The lowest BCUT2D eigenvalue weighted by molar-refractivity contribution is -0.102. The number of fused-ring (bicyclic) bond motifs is 5. The average Bonchev–Trinajstić information content (AvgIpc) is 3.16. The molecular formula is C36H54N2O2. The Hall–Kier alpha value is -2.23. The molecule has 8 unspecified atom stereocenters. The lowest BCUT2D eigenvalue weighted by Gasteiger charge is -2.61. The summed E-state index contributed by atoms with van der Waals surface area (Å²) < 4.78 is 6.19. The number of nitrogen functional groups attached to an aromatic ring is 2. The molecule has 1 aromatic rings. The van der Waals surface area contributed by atoms with Crippen LogP contribution in [-0.2, 0) is 4.74 Å². The molecule has 4 aliphatic rings. The van der Waals surface area contributed by atoms with E-state index in [9.17, 15) is 4.79 Å². The zero-order valence-electron chi connectivity index (χ0n) is 26.2. The number of nitrogens with two attached hydrogens (primary N) is 2. The fraction of sp³-hybridized carbons (Fsp3) is 0.694. The van der Waals surface area contributed by atoms with E-state index in [1.165, 1.54) is 50.5 Å². The van der Waals surface area contributed by atoms with Gasteiger partial charge in [-0.15, -0.1) is 0 Å². The predicted molar refractivity (Wildman–Crippen MR) is 167 cm³/mol. The van der Waals surface area contributed by atoms with Crippen molar-refractivity contribution in [2.45, 2.75) is 112 Å². The highest BCUT2D eigenvalue weighted by Crippen LogP contribution is 2.71. The minimum atomic E-state index is -0.318. The molecule has 0 radical (unpaired) electrons. The lowest BCUT2D eigenvalue weighted by atomic mass is 9.44. The van der Waals surface area contributed by atoms with E-state index in [-0.39, 0.29) is 17.5 Å². The molecule has 0 aromatic heterocycles. The Bertz CT molecular complexity index is 1170. The van der Waals surface area contributed by atoms with E-state index in [2.05, 4.69) is 60.6 Å².